The van der Waals surface area contributed by atoms with Gasteiger partial charge in [-0.3, -0.25) is 4.79 Å². The van der Waals surface area contributed by atoms with E-state index < -0.39 is 0 Å². The van der Waals surface area contributed by atoms with Crippen LogP contribution < -0.4 is 5.32 Å². The van der Waals surface area contributed by atoms with Crippen molar-refractivity contribution < 1.29 is 4.79 Å². The lowest BCUT2D eigenvalue weighted by Crippen LogP contribution is -2.17. The van der Waals surface area contributed by atoms with Crippen molar-refractivity contribution in [2.24, 2.45) is 0 Å². The number of carbonyl (C=O) groups is 1. The highest BCUT2D eigenvalue weighted by molar-refractivity contribution is 5.91. The molecule has 1 unspecified atom stereocenters. The molecule has 0 aliphatic carbocycles. The van der Waals surface area contributed by atoms with Crippen molar-refractivity contribution in [1.82, 2.24) is 9.38 Å². The van der Waals surface area contributed by atoms with E-state index in [1.807, 2.05) is 48.8 Å². The number of carbonyl (C=O) groups excluding carboxylic acids is 1. The zero-order valence-corrected chi connectivity index (χ0v) is 17.0. The molecule has 0 saturated carbocycles. The van der Waals surface area contributed by atoms with Crippen LogP contribution in [0.3, 0.4) is 0 Å². The second kappa shape index (κ2) is 7.92. The molecule has 1 atom stereocenters. The first-order chi connectivity index (χ1) is 14.0. The van der Waals surface area contributed by atoms with Gasteiger partial charge in [0.2, 0.25) is 5.91 Å². The van der Waals surface area contributed by atoms with Crippen LogP contribution in [0.25, 0.3) is 5.65 Å². The Balaban J connectivity index is 1.66. The van der Waals surface area contributed by atoms with E-state index in [4.69, 9.17) is 0 Å². The fraction of sp³-hybridized carbons (Fsp3) is 0.200. The van der Waals surface area contributed by atoms with Crippen LogP contribution >= 0.6 is 0 Å². The van der Waals surface area contributed by atoms with Gasteiger partial charge >= 0.3 is 0 Å². The van der Waals surface area contributed by atoms with Gasteiger partial charge in [-0.1, -0.05) is 36.4 Å². The van der Waals surface area contributed by atoms with Gasteiger partial charge in [0.05, 0.1) is 5.69 Å². The average molecular weight is 383 g/mol. The fourth-order valence-corrected chi connectivity index (χ4v) is 3.66. The maximum atomic E-state index is 12.9. The molecule has 0 fully saturated rings. The number of benzene rings is 2. The number of nitrogens with one attached hydrogen (secondary N) is 1. The number of fused-ring (bicyclic) bond motifs is 1. The molecule has 146 valence electrons. The molecule has 4 rings (SSSR count). The number of imidazole rings is 1. The zero-order valence-electron chi connectivity index (χ0n) is 17.0. The molecule has 1 amide bonds. The van der Waals surface area contributed by atoms with E-state index >= 15 is 0 Å². The number of pyridine rings is 1. The van der Waals surface area contributed by atoms with Crippen molar-refractivity contribution in [2.75, 3.05) is 5.32 Å². The minimum Gasteiger partial charge on any atom is -0.326 e. The molecule has 0 radical (unpaired) electrons. The number of rotatable bonds is 5. The van der Waals surface area contributed by atoms with Crippen molar-refractivity contribution >= 4 is 17.2 Å². The van der Waals surface area contributed by atoms with Gasteiger partial charge in [-0.2, -0.15) is 0 Å². The first-order valence-corrected chi connectivity index (χ1v) is 9.87. The molecule has 4 nitrogen and oxygen atoms in total. The minimum absolute atomic E-state index is 0.0100. The highest BCUT2D eigenvalue weighted by Crippen LogP contribution is 2.29. The molecule has 1 N–H and O–H groups in total. The van der Waals surface area contributed by atoms with Gasteiger partial charge < -0.3 is 9.72 Å². The van der Waals surface area contributed by atoms with Crippen LogP contribution in [-0.4, -0.2) is 15.3 Å². The summed E-state index contributed by atoms with van der Waals surface area (Å²) in [5.41, 5.74) is 7.39. The number of nitrogens with zero attached hydrogens (tertiary/aromatic N) is 2. The van der Waals surface area contributed by atoms with E-state index in [9.17, 15) is 4.79 Å². The van der Waals surface area contributed by atoms with Gasteiger partial charge in [0.25, 0.3) is 0 Å². The van der Waals surface area contributed by atoms with E-state index in [1.165, 1.54) is 16.7 Å². The lowest BCUT2D eigenvalue weighted by Gasteiger charge is -2.18. The maximum absolute atomic E-state index is 12.9. The predicted molar refractivity (Wildman–Crippen MR) is 117 cm³/mol. The number of amides is 1. The van der Waals surface area contributed by atoms with Crippen molar-refractivity contribution in [3.8, 4) is 0 Å². The normalized spacial score (nSPS) is 12.1. The van der Waals surface area contributed by atoms with Crippen molar-refractivity contribution in [3.05, 3.63) is 101 Å². The third kappa shape index (κ3) is 4.06. The lowest BCUT2D eigenvalue weighted by molar-refractivity contribution is -0.116. The zero-order chi connectivity index (χ0) is 20.4. The summed E-state index contributed by atoms with van der Waals surface area (Å²) in [7, 11) is 0. The molecule has 0 spiro atoms. The van der Waals surface area contributed by atoms with Crippen LogP contribution in [-0.2, 0) is 4.79 Å². The van der Waals surface area contributed by atoms with Gasteiger partial charge in [-0.25, -0.2) is 4.98 Å². The Morgan fingerprint density at radius 1 is 1.00 bits per heavy atom. The first kappa shape index (κ1) is 18.9. The Morgan fingerprint density at radius 2 is 1.79 bits per heavy atom. The second-order valence-corrected chi connectivity index (χ2v) is 7.63. The number of aromatic nitrogens is 2. The lowest BCUT2D eigenvalue weighted by atomic mass is 9.92. The monoisotopic (exact) mass is 383 g/mol. The number of hydrogen-bond donors (Lipinski definition) is 1. The molecular formula is C25H25N3O. The molecular weight excluding hydrogens is 358 g/mol. The Labute approximate surface area is 171 Å². The molecule has 2 aromatic heterocycles. The highest BCUT2D eigenvalue weighted by Gasteiger charge is 2.22. The standard InChI is InChI=1S/C25H25N3O/c1-17-11-12-28-23(16-26-24(28)13-17)22(20-7-5-4-6-8-20)15-25(29)27-21-10-9-18(2)19(3)14-21/h4-14,16,22H,15H2,1-3H3,(H,27,29). The molecule has 0 saturated heterocycles. The minimum atomic E-state index is -0.0829. The predicted octanol–water partition coefficient (Wildman–Crippen LogP) is 5.42. The Bertz CT molecular complexity index is 1160. The van der Waals surface area contributed by atoms with Crippen LogP contribution in [0.2, 0.25) is 0 Å². The fourth-order valence-electron chi connectivity index (χ4n) is 3.66. The van der Waals surface area contributed by atoms with Gasteiger partial charge in [0, 0.05) is 30.4 Å². The largest absolute Gasteiger partial charge is 0.326 e. The topological polar surface area (TPSA) is 46.4 Å². The number of aryl methyl sites for hydroxylation is 3. The van der Waals surface area contributed by atoms with Crippen molar-refractivity contribution in [3.63, 3.8) is 0 Å². The molecule has 2 heterocycles. The van der Waals surface area contributed by atoms with Gasteiger partial charge in [0.15, 0.2) is 0 Å². The van der Waals surface area contributed by atoms with Crippen LogP contribution in [0, 0.1) is 20.8 Å². The first-order valence-electron chi connectivity index (χ1n) is 9.87. The molecule has 0 aliphatic rings. The van der Waals surface area contributed by atoms with E-state index in [0.29, 0.717) is 6.42 Å². The Hall–Kier alpha value is -3.40. The summed E-state index contributed by atoms with van der Waals surface area (Å²) < 4.78 is 2.08. The summed E-state index contributed by atoms with van der Waals surface area (Å²) >= 11 is 0. The molecule has 4 heteroatoms. The summed E-state index contributed by atoms with van der Waals surface area (Å²) in [6.07, 6.45) is 4.26. The number of anilines is 1. The van der Waals surface area contributed by atoms with Crippen molar-refractivity contribution in [2.45, 2.75) is 33.1 Å². The van der Waals surface area contributed by atoms with Crippen LogP contribution in [0.4, 0.5) is 5.69 Å². The van der Waals surface area contributed by atoms with Crippen molar-refractivity contribution in [1.29, 1.82) is 0 Å². The summed E-state index contributed by atoms with van der Waals surface area (Å²) in [6.45, 7) is 6.18. The van der Waals surface area contributed by atoms with Crippen LogP contribution in [0.1, 0.15) is 40.3 Å². The molecule has 2 aromatic carbocycles. The summed E-state index contributed by atoms with van der Waals surface area (Å²) in [6, 6.07) is 20.3. The Morgan fingerprint density at radius 3 is 2.55 bits per heavy atom. The third-order valence-corrected chi connectivity index (χ3v) is 5.44. The van der Waals surface area contributed by atoms with Crippen LogP contribution in [0.5, 0.6) is 0 Å². The SMILES string of the molecule is Cc1ccn2c(C(CC(=O)Nc3ccc(C)c(C)c3)c3ccccc3)cnc2c1. The number of hydrogen-bond acceptors (Lipinski definition) is 2. The van der Waals surface area contributed by atoms with E-state index in [1.54, 1.807) is 0 Å². The van der Waals surface area contributed by atoms with Gasteiger partial charge in [0.1, 0.15) is 5.65 Å². The Kier molecular flexibility index (Phi) is 5.17. The maximum Gasteiger partial charge on any atom is 0.225 e. The quantitative estimate of drug-likeness (QED) is 0.500. The summed E-state index contributed by atoms with van der Waals surface area (Å²) in [5.74, 6) is -0.0929. The molecule has 0 bridgehead atoms. The van der Waals surface area contributed by atoms with E-state index in [-0.39, 0.29) is 11.8 Å². The second-order valence-electron chi connectivity index (χ2n) is 7.63. The molecule has 0 aliphatic heterocycles. The molecule has 4 aromatic rings. The highest BCUT2D eigenvalue weighted by atomic mass is 16.1. The van der Waals surface area contributed by atoms with E-state index in [2.05, 4.69) is 59.7 Å². The van der Waals surface area contributed by atoms with Crippen LogP contribution in [0.15, 0.2) is 73.1 Å². The van der Waals surface area contributed by atoms with Gasteiger partial charge in [-0.15, -0.1) is 0 Å². The summed E-state index contributed by atoms with van der Waals surface area (Å²) in [4.78, 5) is 17.5. The summed E-state index contributed by atoms with van der Waals surface area (Å²) in [5, 5.41) is 3.06. The average Bonchev–Trinajstić information content (AvgIpc) is 3.12. The smallest absolute Gasteiger partial charge is 0.225 e. The third-order valence-electron chi connectivity index (χ3n) is 5.44. The van der Waals surface area contributed by atoms with Gasteiger partial charge in [-0.05, 0) is 67.3 Å². The molecule has 29 heavy (non-hydrogen) atoms. The van der Waals surface area contributed by atoms with E-state index in [0.717, 1.165) is 22.6 Å².